The molecule has 0 unspecified atom stereocenters. The number of benzene rings is 2. The number of ether oxygens (including phenoxy) is 2. The Balaban J connectivity index is 1.72. The molecule has 33 heavy (non-hydrogen) atoms. The van der Waals surface area contributed by atoms with Gasteiger partial charge in [-0.25, -0.2) is 0 Å². The van der Waals surface area contributed by atoms with E-state index in [1.807, 2.05) is 28.5 Å². The van der Waals surface area contributed by atoms with Gasteiger partial charge in [0.05, 0.1) is 35.0 Å². The predicted octanol–water partition coefficient (Wildman–Crippen LogP) is 3.88. The molecule has 2 heterocycles. The molecule has 2 aromatic carbocycles. The van der Waals surface area contributed by atoms with Crippen molar-refractivity contribution in [2.45, 2.75) is 13.5 Å². The zero-order valence-corrected chi connectivity index (χ0v) is 19.6. The summed E-state index contributed by atoms with van der Waals surface area (Å²) in [6.07, 6.45) is 0. The lowest BCUT2D eigenvalue weighted by molar-refractivity contribution is -0.384. The number of nitrogens with zero attached hydrogens (tertiary/aromatic N) is 4. The summed E-state index contributed by atoms with van der Waals surface area (Å²) in [4.78, 5) is 31.0. The van der Waals surface area contributed by atoms with Crippen molar-refractivity contribution in [3.63, 3.8) is 0 Å². The number of nitro groups is 1. The van der Waals surface area contributed by atoms with Crippen molar-refractivity contribution < 1.29 is 19.2 Å². The van der Waals surface area contributed by atoms with Crippen LogP contribution in [0.2, 0.25) is 5.02 Å². The number of morpholine rings is 1. The lowest BCUT2D eigenvalue weighted by Gasteiger charge is -2.28. The minimum absolute atomic E-state index is 0.120. The average Bonchev–Trinajstić information content (AvgIpc) is 3.15. The summed E-state index contributed by atoms with van der Waals surface area (Å²) in [6.45, 7) is 5.60. The van der Waals surface area contributed by atoms with E-state index in [1.54, 1.807) is 18.2 Å². The predicted molar refractivity (Wildman–Crippen MR) is 127 cm³/mol. The topological polar surface area (TPSA) is 99.2 Å². The van der Waals surface area contributed by atoms with E-state index in [0.717, 1.165) is 10.2 Å². The molecule has 9 nitrogen and oxygen atoms in total. The molecule has 1 fully saturated rings. The molecule has 0 N–H and O–H groups in total. The Hall–Kier alpha value is -2.79. The van der Waals surface area contributed by atoms with E-state index >= 15 is 0 Å². The largest absolute Gasteiger partial charge is 0.380 e. The first-order valence-corrected chi connectivity index (χ1v) is 11.7. The molecule has 0 radical (unpaired) electrons. The first kappa shape index (κ1) is 23.4. The molecule has 1 aliphatic heterocycles. The van der Waals surface area contributed by atoms with E-state index in [4.69, 9.17) is 21.1 Å². The smallest absolute Gasteiger partial charge is 0.293 e. The number of carbonyl (C=O) groups excluding carboxylic acids is 1. The first-order valence-electron chi connectivity index (χ1n) is 10.5. The van der Waals surface area contributed by atoms with E-state index < -0.39 is 10.8 Å². The zero-order chi connectivity index (χ0) is 23.4. The molecule has 3 aromatic rings. The van der Waals surface area contributed by atoms with Gasteiger partial charge in [-0.3, -0.25) is 14.9 Å². The maximum atomic E-state index is 13.0. The number of carbonyl (C=O) groups is 1. The van der Waals surface area contributed by atoms with E-state index in [0.29, 0.717) is 61.6 Å². The molecule has 1 saturated heterocycles. The monoisotopic (exact) mass is 490 g/mol. The molecule has 0 bridgehead atoms. The van der Waals surface area contributed by atoms with Gasteiger partial charge in [0.1, 0.15) is 5.69 Å². The fraction of sp³-hybridized carbons (Fsp3) is 0.364. The number of thiazole rings is 1. The number of amides is 1. The quantitative estimate of drug-likeness (QED) is 0.283. The van der Waals surface area contributed by atoms with Crippen molar-refractivity contribution in [2.24, 2.45) is 4.99 Å². The molecule has 174 valence electrons. The fourth-order valence-electron chi connectivity index (χ4n) is 3.67. The summed E-state index contributed by atoms with van der Waals surface area (Å²) in [5.41, 5.74) is 1.41. The van der Waals surface area contributed by atoms with Gasteiger partial charge in [-0.1, -0.05) is 22.9 Å². The fourth-order valence-corrected chi connectivity index (χ4v) is 5.00. The minimum atomic E-state index is -0.547. The molecule has 1 aliphatic rings. The number of nitro benzene ring substituents is 1. The average molecular weight is 491 g/mol. The van der Waals surface area contributed by atoms with E-state index in [-0.39, 0.29) is 11.3 Å². The Labute approximate surface area is 199 Å². The molecule has 0 aliphatic carbocycles. The van der Waals surface area contributed by atoms with Gasteiger partial charge in [0.2, 0.25) is 0 Å². The van der Waals surface area contributed by atoms with Gasteiger partial charge in [-0.2, -0.15) is 4.99 Å². The van der Waals surface area contributed by atoms with Gasteiger partial charge >= 0.3 is 0 Å². The third kappa shape index (κ3) is 5.25. The second kappa shape index (κ2) is 10.4. The van der Waals surface area contributed by atoms with Crippen molar-refractivity contribution in [1.82, 2.24) is 4.57 Å². The molecular formula is C22H23ClN4O5S. The number of hydrogen-bond acceptors (Lipinski definition) is 7. The number of aromatic nitrogens is 1. The van der Waals surface area contributed by atoms with Crippen LogP contribution in [0, 0.1) is 10.1 Å². The van der Waals surface area contributed by atoms with Crippen molar-refractivity contribution in [3.8, 4) is 0 Å². The lowest BCUT2D eigenvalue weighted by atomic mass is 10.1. The number of halogens is 1. The van der Waals surface area contributed by atoms with Crippen LogP contribution in [0.4, 0.5) is 11.4 Å². The highest BCUT2D eigenvalue weighted by molar-refractivity contribution is 7.16. The van der Waals surface area contributed by atoms with Crippen LogP contribution in [0.3, 0.4) is 0 Å². The van der Waals surface area contributed by atoms with Crippen LogP contribution in [0.15, 0.2) is 41.4 Å². The number of hydrogen-bond donors (Lipinski definition) is 0. The molecule has 11 heteroatoms. The Bertz CT molecular complexity index is 1250. The standard InChI is InChI=1S/C22H23ClN4O5S/c1-2-31-12-9-26-18-6-4-16(23)14-20(18)33-22(26)24-21(28)15-3-5-17(19(13-15)27(29)30)25-7-10-32-11-8-25/h3-6,13-14H,2,7-12H2,1H3. The summed E-state index contributed by atoms with van der Waals surface area (Å²) < 4.78 is 13.6. The maximum absolute atomic E-state index is 13.0. The van der Waals surface area contributed by atoms with E-state index in [9.17, 15) is 14.9 Å². The molecule has 4 rings (SSSR count). The minimum Gasteiger partial charge on any atom is -0.380 e. The van der Waals surface area contributed by atoms with Gasteiger partial charge < -0.3 is 18.9 Å². The number of anilines is 1. The van der Waals surface area contributed by atoms with Crippen molar-refractivity contribution >= 4 is 50.4 Å². The second-order valence-corrected chi connectivity index (χ2v) is 8.77. The second-order valence-electron chi connectivity index (χ2n) is 7.32. The van der Waals surface area contributed by atoms with Crippen LogP contribution in [0.5, 0.6) is 0 Å². The number of rotatable bonds is 7. The maximum Gasteiger partial charge on any atom is 0.293 e. The first-order chi connectivity index (χ1) is 16.0. The van der Waals surface area contributed by atoms with Crippen LogP contribution >= 0.6 is 22.9 Å². The lowest BCUT2D eigenvalue weighted by Crippen LogP contribution is -2.36. The molecule has 0 atom stereocenters. The van der Waals surface area contributed by atoms with Crippen LogP contribution in [0.1, 0.15) is 17.3 Å². The number of fused-ring (bicyclic) bond motifs is 1. The highest BCUT2D eigenvalue weighted by atomic mass is 35.5. The summed E-state index contributed by atoms with van der Waals surface area (Å²) in [7, 11) is 0. The Morgan fingerprint density at radius 2 is 2.06 bits per heavy atom. The van der Waals surface area contributed by atoms with Crippen molar-refractivity contribution in [3.05, 3.63) is 61.9 Å². The highest BCUT2D eigenvalue weighted by Gasteiger charge is 2.23. The van der Waals surface area contributed by atoms with Crippen LogP contribution in [-0.2, 0) is 16.0 Å². The molecule has 0 saturated carbocycles. The van der Waals surface area contributed by atoms with E-state index in [1.165, 1.54) is 17.4 Å². The summed E-state index contributed by atoms with van der Waals surface area (Å²) >= 11 is 7.47. The normalized spacial score (nSPS) is 14.7. The van der Waals surface area contributed by atoms with Crippen molar-refractivity contribution in [2.75, 3.05) is 44.4 Å². The van der Waals surface area contributed by atoms with Gasteiger partial charge in [-0.05, 0) is 37.3 Å². The van der Waals surface area contributed by atoms with Crippen LogP contribution < -0.4 is 9.70 Å². The van der Waals surface area contributed by atoms with E-state index in [2.05, 4.69) is 4.99 Å². The summed E-state index contributed by atoms with van der Waals surface area (Å²) in [5.74, 6) is -0.547. The van der Waals surface area contributed by atoms with Crippen LogP contribution in [0.25, 0.3) is 10.2 Å². The van der Waals surface area contributed by atoms with Gasteiger partial charge in [-0.15, -0.1) is 0 Å². The Kier molecular flexibility index (Phi) is 7.39. The molecule has 0 spiro atoms. The molecular weight excluding hydrogens is 468 g/mol. The zero-order valence-electron chi connectivity index (χ0n) is 18.0. The molecule has 1 amide bonds. The Morgan fingerprint density at radius 1 is 1.27 bits per heavy atom. The third-order valence-corrected chi connectivity index (χ3v) is 6.55. The Morgan fingerprint density at radius 3 is 2.79 bits per heavy atom. The van der Waals surface area contributed by atoms with Crippen LogP contribution in [-0.4, -0.2) is 54.9 Å². The summed E-state index contributed by atoms with van der Waals surface area (Å²) in [5, 5.41) is 12.3. The molecule has 1 aromatic heterocycles. The van der Waals surface area contributed by atoms with Gasteiger partial charge in [0.15, 0.2) is 4.80 Å². The van der Waals surface area contributed by atoms with Gasteiger partial charge in [0.25, 0.3) is 11.6 Å². The van der Waals surface area contributed by atoms with Gasteiger partial charge in [0, 0.05) is 42.9 Å². The third-order valence-electron chi connectivity index (χ3n) is 5.28. The van der Waals surface area contributed by atoms with Crippen molar-refractivity contribution in [1.29, 1.82) is 0 Å². The summed E-state index contributed by atoms with van der Waals surface area (Å²) in [6, 6.07) is 9.98. The highest BCUT2D eigenvalue weighted by Crippen LogP contribution is 2.30. The SMILES string of the molecule is CCOCCn1c(=NC(=O)c2ccc(N3CCOCC3)c([N+](=O)[O-])c2)sc2cc(Cl)ccc21.